The Bertz CT molecular complexity index is 1070. The molecular weight excluding hydrogens is 384 g/mol. The molecule has 2 aromatic carbocycles. The largest absolute Gasteiger partial charge is 0.497 e. The predicted octanol–water partition coefficient (Wildman–Crippen LogP) is 3.03. The van der Waals surface area contributed by atoms with Crippen molar-refractivity contribution < 1.29 is 13.2 Å². The number of rotatable bonds is 6. The van der Waals surface area contributed by atoms with Crippen LogP contribution in [0.15, 0.2) is 70.0 Å². The van der Waals surface area contributed by atoms with E-state index < -0.39 is 10.0 Å². The van der Waals surface area contributed by atoms with Crippen LogP contribution in [0, 0.1) is 0 Å². The van der Waals surface area contributed by atoms with Gasteiger partial charge in [0, 0.05) is 5.56 Å². The Labute approximate surface area is 160 Å². The van der Waals surface area contributed by atoms with Gasteiger partial charge in [0.05, 0.1) is 12.8 Å². The van der Waals surface area contributed by atoms with E-state index in [4.69, 9.17) is 9.88 Å². The summed E-state index contributed by atoms with van der Waals surface area (Å²) < 4.78 is 27.6. The van der Waals surface area contributed by atoms with Crippen molar-refractivity contribution in [3.8, 4) is 5.75 Å². The molecule has 0 bridgehead atoms. The van der Waals surface area contributed by atoms with Gasteiger partial charge in [-0.25, -0.2) is 18.5 Å². The molecule has 9 heteroatoms. The molecule has 1 heterocycles. The average Bonchev–Trinajstić information content (AvgIpc) is 3.15. The third-order valence-electron chi connectivity index (χ3n) is 3.47. The molecule has 1 aromatic heterocycles. The fourth-order valence-electron chi connectivity index (χ4n) is 2.16. The van der Waals surface area contributed by atoms with Gasteiger partial charge >= 0.3 is 0 Å². The van der Waals surface area contributed by atoms with E-state index in [1.807, 2.05) is 66.7 Å². The highest BCUT2D eigenvalue weighted by Gasteiger charge is 2.15. The maximum atomic E-state index is 11.4. The van der Waals surface area contributed by atoms with Gasteiger partial charge in [0.25, 0.3) is 10.0 Å². The Kier molecular flexibility index (Phi) is 5.75. The average molecular weight is 400 g/mol. The summed E-state index contributed by atoms with van der Waals surface area (Å²) in [5, 5.41) is 12.7. The second-order valence-electron chi connectivity index (χ2n) is 5.37. The van der Waals surface area contributed by atoms with Crippen molar-refractivity contribution in [2.75, 3.05) is 7.11 Å². The van der Waals surface area contributed by atoms with Crippen LogP contribution in [0.2, 0.25) is 0 Å². The third-order valence-corrected chi connectivity index (χ3v) is 5.60. The van der Waals surface area contributed by atoms with E-state index in [2.05, 4.69) is 15.2 Å². The zero-order chi connectivity index (χ0) is 19.3. The number of nitrogens with two attached hydrogens (primary N) is 1. The Morgan fingerprint density at radius 2 is 1.81 bits per heavy atom. The van der Waals surface area contributed by atoms with E-state index in [9.17, 15) is 8.42 Å². The quantitative estimate of drug-likeness (QED) is 0.640. The molecule has 7 nitrogen and oxygen atoms in total. The van der Waals surface area contributed by atoms with E-state index >= 15 is 0 Å². The summed E-state index contributed by atoms with van der Waals surface area (Å²) in [6.07, 6.45) is 3.72. The summed E-state index contributed by atoms with van der Waals surface area (Å²) in [5.41, 5.74) is 2.43. The first-order valence-electron chi connectivity index (χ1n) is 7.78. The van der Waals surface area contributed by atoms with Gasteiger partial charge in [0.1, 0.15) is 5.75 Å². The number of aliphatic imine (C=N–C) groups is 1. The van der Waals surface area contributed by atoms with Crippen molar-refractivity contribution in [2.45, 2.75) is 4.34 Å². The van der Waals surface area contributed by atoms with Gasteiger partial charge < -0.3 is 4.74 Å². The maximum Gasteiger partial charge on any atom is 0.267 e. The lowest BCUT2D eigenvalue weighted by Crippen LogP contribution is -2.11. The zero-order valence-electron chi connectivity index (χ0n) is 14.3. The van der Waals surface area contributed by atoms with E-state index in [-0.39, 0.29) is 9.47 Å². The molecule has 3 rings (SSSR count). The monoisotopic (exact) mass is 400 g/mol. The van der Waals surface area contributed by atoms with Crippen LogP contribution in [-0.2, 0) is 10.0 Å². The zero-order valence-corrected chi connectivity index (χ0v) is 15.9. The molecular formula is C18H16N4O3S2. The number of primary sulfonamides is 1. The fraction of sp³-hybridized carbons (Fsp3) is 0.0556. The van der Waals surface area contributed by atoms with Gasteiger partial charge in [-0.3, -0.25) is 0 Å². The molecule has 138 valence electrons. The smallest absolute Gasteiger partial charge is 0.267 e. The van der Waals surface area contributed by atoms with Crippen LogP contribution >= 0.6 is 11.3 Å². The van der Waals surface area contributed by atoms with Crippen molar-refractivity contribution in [3.63, 3.8) is 0 Å². The van der Waals surface area contributed by atoms with Crippen LogP contribution in [0.5, 0.6) is 5.75 Å². The molecule has 27 heavy (non-hydrogen) atoms. The first-order valence-corrected chi connectivity index (χ1v) is 10.1. The van der Waals surface area contributed by atoms with E-state index in [0.29, 0.717) is 5.71 Å². The third kappa shape index (κ3) is 5.07. The first-order chi connectivity index (χ1) is 13.0. The molecule has 0 amide bonds. The van der Waals surface area contributed by atoms with E-state index in [1.165, 1.54) is 0 Å². The van der Waals surface area contributed by atoms with Crippen LogP contribution in [0.25, 0.3) is 6.08 Å². The molecule has 0 aliphatic carbocycles. The number of aromatic nitrogens is 2. The number of hydrogen-bond donors (Lipinski definition) is 1. The summed E-state index contributed by atoms with van der Waals surface area (Å²) in [7, 11) is -2.28. The SMILES string of the molecule is COc1ccc(C=CC(=Nc2nnc(S(N)(=O)=O)s2)c2ccccc2)cc1. The number of methoxy groups -OCH3 is 1. The summed E-state index contributed by atoms with van der Waals surface area (Å²) in [5.74, 6) is 0.772. The lowest BCUT2D eigenvalue weighted by atomic mass is 10.1. The summed E-state index contributed by atoms with van der Waals surface area (Å²) in [6, 6.07) is 17.0. The summed E-state index contributed by atoms with van der Waals surface area (Å²) >= 11 is 0.816. The van der Waals surface area contributed by atoms with Gasteiger partial charge in [-0.15, -0.1) is 10.2 Å². The van der Waals surface area contributed by atoms with Crippen molar-refractivity contribution in [1.82, 2.24) is 10.2 Å². The minimum Gasteiger partial charge on any atom is -0.497 e. The van der Waals surface area contributed by atoms with Crippen LogP contribution in [-0.4, -0.2) is 31.4 Å². The molecule has 0 atom stereocenters. The molecule has 0 unspecified atom stereocenters. The second kappa shape index (κ2) is 8.21. The second-order valence-corrected chi connectivity index (χ2v) is 8.06. The maximum absolute atomic E-state index is 11.4. The first kappa shape index (κ1) is 18.9. The number of ether oxygens (including phenoxy) is 1. The Morgan fingerprint density at radius 3 is 2.41 bits per heavy atom. The standard InChI is InChI=1S/C18H16N4O3S2/c1-25-15-10-7-13(8-11-15)9-12-16(14-5-3-2-4-6-14)20-17-21-22-18(26-17)27(19,23)24/h2-12H,1H3,(H2,19,23,24). The number of sulfonamides is 1. The number of hydrogen-bond acceptors (Lipinski definition) is 7. The summed E-state index contributed by atoms with van der Waals surface area (Å²) in [4.78, 5) is 4.44. The van der Waals surface area contributed by atoms with Gasteiger partial charge in [-0.1, -0.05) is 59.9 Å². The summed E-state index contributed by atoms with van der Waals surface area (Å²) in [6.45, 7) is 0. The number of allylic oxidation sites excluding steroid dienone is 1. The molecule has 0 radical (unpaired) electrons. The van der Waals surface area contributed by atoms with Crippen LogP contribution in [0.1, 0.15) is 11.1 Å². The Balaban J connectivity index is 1.96. The molecule has 0 aliphatic rings. The molecule has 0 saturated carbocycles. The fourth-order valence-corrected chi connectivity index (χ4v) is 3.47. The van der Waals surface area contributed by atoms with Gasteiger partial charge in [-0.2, -0.15) is 0 Å². The van der Waals surface area contributed by atoms with E-state index in [0.717, 1.165) is 28.2 Å². The highest BCUT2D eigenvalue weighted by atomic mass is 32.2. The normalized spacial score (nSPS) is 12.4. The molecule has 0 aliphatic heterocycles. The van der Waals surface area contributed by atoms with Crippen LogP contribution in [0.3, 0.4) is 0 Å². The van der Waals surface area contributed by atoms with Crippen molar-refractivity contribution in [3.05, 3.63) is 71.8 Å². The minimum absolute atomic E-state index is 0.206. The highest BCUT2D eigenvalue weighted by Crippen LogP contribution is 2.23. The lowest BCUT2D eigenvalue weighted by Gasteiger charge is -2.02. The van der Waals surface area contributed by atoms with E-state index in [1.54, 1.807) is 7.11 Å². The Hall–Kier alpha value is -2.88. The molecule has 0 saturated heterocycles. The van der Waals surface area contributed by atoms with Crippen LogP contribution in [0.4, 0.5) is 5.13 Å². The van der Waals surface area contributed by atoms with Gasteiger partial charge in [0.2, 0.25) is 9.47 Å². The Morgan fingerprint density at radius 1 is 1.11 bits per heavy atom. The minimum atomic E-state index is -3.90. The number of nitrogens with zero attached hydrogens (tertiary/aromatic N) is 3. The van der Waals surface area contributed by atoms with Crippen molar-refractivity contribution in [2.24, 2.45) is 10.1 Å². The molecule has 3 aromatic rings. The van der Waals surface area contributed by atoms with Crippen molar-refractivity contribution >= 4 is 38.3 Å². The van der Waals surface area contributed by atoms with Crippen LogP contribution < -0.4 is 9.88 Å². The predicted molar refractivity (Wildman–Crippen MR) is 106 cm³/mol. The van der Waals surface area contributed by atoms with Gasteiger partial charge in [0.15, 0.2) is 0 Å². The lowest BCUT2D eigenvalue weighted by molar-refractivity contribution is 0.415. The topological polar surface area (TPSA) is 108 Å². The highest BCUT2D eigenvalue weighted by molar-refractivity contribution is 7.91. The number of benzene rings is 2. The van der Waals surface area contributed by atoms with Crippen molar-refractivity contribution in [1.29, 1.82) is 0 Å². The molecule has 0 spiro atoms. The van der Waals surface area contributed by atoms with Gasteiger partial charge in [-0.05, 0) is 23.8 Å². The molecule has 2 N–H and O–H groups in total. The molecule has 0 fully saturated rings.